The molecule has 3 N–H and O–H groups in total. The minimum absolute atomic E-state index is 0.0155. The maximum Gasteiger partial charge on any atom is 0.238 e. The Balaban J connectivity index is 1.69. The molecule has 0 saturated carbocycles. The molecule has 2 aromatic carbocycles. The van der Waals surface area contributed by atoms with Crippen LogP contribution in [0.5, 0.6) is 0 Å². The Morgan fingerprint density at radius 1 is 1.16 bits per heavy atom. The van der Waals surface area contributed by atoms with Gasteiger partial charge >= 0.3 is 0 Å². The Labute approximate surface area is 146 Å². The van der Waals surface area contributed by atoms with Gasteiger partial charge in [-0.05, 0) is 42.1 Å². The van der Waals surface area contributed by atoms with E-state index in [-0.39, 0.29) is 17.2 Å². The second-order valence-corrected chi connectivity index (χ2v) is 7.42. The molecule has 0 unspecified atom stereocenters. The average molecular weight is 357 g/mol. The lowest BCUT2D eigenvalue weighted by molar-refractivity contribution is -0.116. The molecule has 7 heteroatoms. The minimum atomic E-state index is -3.82. The zero-order chi connectivity index (χ0) is 18.0. The molecule has 6 nitrogen and oxygen atoms in total. The highest BCUT2D eigenvalue weighted by Crippen LogP contribution is 2.19. The van der Waals surface area contributed by atoms with Gasteiger partial charge in [-0.15, -0.1) is 0 Å². The first-order chi connectivity index (χ1) is 11.8. The van der Waals surface area contributed by atoms with Gasteiger partial charge in [-0.3, -0.25) is 4.79 Å². The molecule has 3 rings (SSSR count). The fraction of sp³-hybridized carbons (Fsp3) is 0.167. The van der Waals surface area contributed by atoms with Gasteiger partial charge in [-0.2, -0.15) is 0 Å². The summed E-state index contributed by atoms with van der Waals surface area (Å²) in [6.45, 7) is 2.19. The molecule has 0 radical (unpaired) electrons. The Bertz CT molecular complexity index is 1040. The Morgan fingerprint density at radius 3 is 2.68 bits per heavy atom. The summed E-state index contributed by atoms with van der Waals surface area (Å²) in [7, 11) is -3.82. The molecule has 0 aliphatic carbocycles. The summed E-state index contributed by atoms with van der Waals surface area (Å²) in [6.07, 6.45) is 2.22. The summed E-state index contributed by atoms with van der Waals surface area (Å²) in [6, 6.07) is 14.6. The highest BCUT2D eigenvalue weighted by molar-refractivity contribution is 7.89. The molecule has 0 bridgehead atoms. The van der Waals surface area contributed by atoms with Crippen LogP contribution >= 0.6 is 0 Å². The predicted octanol–water partition coefficient (Wildman–Crippen LogP) is 2.63. The number of nitrogens with zero attached hydrogens (tertiary/aromatic N) is 1. The quantitative estimate of drug-likeness (QED) is 0.735. The van der Waals surface area contributed by atoms with Crippen LogP contribution in [0, 0.1) is 6.92 Å². The third kappa shape index (κ3) is 3.89. The van der Waals surface area contributed by atoms with E-state index in [2.05, 4.69) is 5.32 Å². The number of carbonyl (C=O) groups excluding carboxylic acids is 1. The standard InChI is InChI=1S/C18H19N3O3S/c1-13-6-7-15(12-17(13)25(19,23)24)20-18(22)9-11-21-10-8-14-4-2-3-5-16(14)21/h2-8,10,12H,9,11H2,1H3,(H,20,22)(H2,19,23,24). The minimum Gasteiger partial charge on any atom is -0.347 e. The van der Waals surface area contributed by atoms with E-state index >= 15 is 0 Å². The van der Waals surface area contributed by atoms with E-state index in [1.165, 1.54) is 6.07 Å². The van der Waals surface area contributed by atoms with Crippen molar-refractivity contribution in [2.75, 3.05) is 5.32 Å². The van der Waals surface area contributed by atoms with Crippen molar-refractivity contribution in [3.8, 4) is 0 Å². The molecule has 0 fully saturated rings. The zero-order valence-electron chi connectivity index (χ0n) is 13.8. The monoisotopic (exact) mass is 357 g/mol. The van der Waals surface area contributed by atoms with Gasteiger partial charge in [0.25, 0.3) is 0 Å². The third-order valence-electron chi connectivity index (χ3n) is 4.04. The van der Waals surface area contributed by atoms with Crippen LogP contribution in [0.1, 0.15) is 12.0 Å². The van der Waals surface area contributed by atoms with E-state index in [0.717, 1.165) is 10.9 Å². The molecule has 0 aliphatic rings. The fourth-order valence-electron chi connectivity index (χ4n) is 2.77. The number of para-hydroxylation sites is 1. The number of aromatic nitrogens is 1. The van der Waals surface area contributed by atoms with E-state index in [1.54, 1.807) is 19.1 Å². The first-order valence-corrected chi connectivity index (χ1v) is 9.36. The van der Waals surface area contributed by atoms with Crippen LogP contribution in [0.4, 0.5) is 5.69 Å². The largest absolute Gasteiger partial charge is 0.347 e. The van der Waals surface area contributed by atoms with E-state index in [4.69, 9.17) is 5.14 Å². The summed E-state index contributed by atoms with van der Waals surface area (Å²) >= 11 is 0. The molecule has 130 valence electrons. The van der Waals surface area contributed by atoms with Gasteiger partial charge in [0.05, 0.1) is 4.90 Å². The van der Waals surface area contributed by atoms with Gasteiger partial charge in [0.15, 0.2) is 0 Å². The van der Waals surface area contributed by atoms with Gasteiger partial charge in [0.2, 0.25) is 15.9 Å². The molecule has 0 saturated heterocycles. The number of hydrogen-bond acceptors (Lipinski definition) is 3. The highest BCUT2D eigenvalue weighted by Gasteiger charge is 2.13. The SMILES string of the molecule is Cc1ccc(NC(=O)CCn2ccc3ccccc32)cc1S(N)(=O)=O. The van der Waals surface area contributed by atoms with Crippen LogP contribution in [0.2, 0.25) is 0 Å². The molecule has 0 aliphatic heterocycles. The highest BCUT2D eigenvalue weighted by atomic mass is 32.2. The van der Waals surface area contributed by atoms with Crippen LogP contribution in [0.15, 0.2) is 59.6 Å². The number of anilines is 1. The Kier molecular flexibility index (Phi) is 4.61. The lowest BCUT2D eigenvalue weighted by Gasteiger charge is -2.10. The van der Waals surface area contributed by atoms with Crippen molar-refractivity contribution in [2.45, 2.75) is 24.8 Å². The Morgan fingerprint density at radius 2 is 1.92 bits per heavy atom. The van der Waals surface area contributed by atoms with Crippen molar-refractivity contribution in [3.63, 3.8) is 0 Å². The maximum absolute atomic E-state index is 12.2. The van der Waals surface area contributed by atoms with Gasteiger partial charge < -0.3 is 9.88 Å². The smallest absolute Gasteiger partial charge is 0.238 e. The van der Waals surface area contributed by atoms with Gasteiger partial charge in [-0.1, -0.05) is 24.3 Å². The zero-order valence-corrected chi connectivity index (χ0v) is 14.6. The first-order valence-electron chi connectivity index (χ1n) is 7.82. The van der Waals surface area contributed by atoms with Crippen molar-refractivity contribution in [1.82, 2.24) is 4.57 Å². The van der Waals surface area contributed by atoms with E-state index in [9.17, 15) is 13.2 Å². The van der Waals surface area contributed by atoms with Crippen LogP contribution in [0.3, 0.4) is 0 Å². The third-order valence-corrected chi connectivity index (χ3v) is 5.09. The number of amides is 1. The molecule has 1 heterocycles. The van der Waals surface area contributed by atoms with Gasteiger partial charge in [-0.25, -0.2) is 13.6 Å². The Hall–Kier alpha value is -2.64. The van der Waals surface area contributed by atoms with Crippen molar-refractivity contribution >= 4 is 32.5 Å². The number of hydrogen-bond donors (Lipinski definition) is 2. The summed E-state index contributed by atoms with van der Waals surface area (Å²) in [5.74, 6) is -0.193. The molecular formula is C18H19N3O3S. The normalized spacial score (nSPS) is 11.6. The van der Waals surface area contributed by atoms with E-state index < -0.39 is 10.0 Å². The van der Waals surface area contributed by atoms with Gasteiger partial charge in [0.1, 0.15) is 0 Å². The van der Waals surface area contributed by atoms with Crippen molar-refractivity contribution in [2.24, 2.45) is 5.14 Å². The molecule has 0 atom stereocenters. The second-order valence-electron chi connectivity index (χ2n) is 5.89. The lowest BCUT2D eigenvalue weighted by Crippen LogP contribution is -2.17. The summed E-state index contributed by atoms with van der Waals surface area (Å²) < 4.78 is 25.1. The van der Waals surface area contributed by atoms with Crippen molar-refractivity contribution in [3.05, 3.63) is 60.3 Å². The molecule has 3 aromatic rings. The topological polar surface area (TPSA) is 94.2 Å². The second kappa shape index (κ2) is 6.70. The number of rotatable bonds is 5. The number of aryl methyl sites for hydroxylation is 2. The number of sulfonamides is 1. The number of benzene rings is 2. The molecular weight excluding hydrogens is 338 g/mol. The first kappa shape index (κ1) is 17.2. The van der Waals surface area contributed by atoms with Crippen LogP contribution in [-0.2, 0) is 21.4 Å². The van der Waals surface area contributed by atoms with Crippen LogP contribution in [0.25, 0.3) is 10.9 Å². The number of carbonyl (C=O) groups is 1. The maximum atomic E-state index is 12.2. The molecule has 0 spiro atoms. The average Bonchev–Trinajstić information content (AvgIpc) is 2.97. The van der Waals surface area contributed by atoms with Crippen molar-refractivity contribution < 1.29 is 13.2 Å². The van der Waals surface area contributed by atoms with E-state index in [0.29, 0.717) is 17.8 Å². The van der Waals surface area contributed by atoms with Gasteiger partial charge in [0, 0.05) is 30.4 Å². The van der Waals surface area contributed by atoms with E-state index in [1.807, 2.05) is 41.1 Å². The summed E-state index contributed by atoms with van der Waals surface area (Å²) in [4.78, 5) is 12.2. The van der Waals surface area contributed by atoms with Crippen LogP contribution < -0.4 is 10.5 Å². The molecule has 1 amide bonds. The molecule has 25 heavy (non-hydrogen) atoms. The predicted molar refractivity (Wildman–Crippen MR) is 97.7 cm³/mol. The fourth-order valence-corrected chi connectivity index (χ4v) is 3.57. The van der Waals surface area contributed by atoms with Crippen LogP contribution in [-0.4, -0.2) is 18.9 Å². The molecule has 1 aromatic heterocycles. The summed E-state index contributed by atoms with van der Waals surface area (Å²) in [5, 5.41) is 9.03. The number of nitrogens with two attached hydrogens (primary N) is 1. The number of primary sulfonamides is 1. The summed E-state index contributed by atoms with van der Waals surface area (Å²) in [5.41, 5.74) is 2.03. The lowest BCUT2D eigenvalue weighted by atomic mass is 10.2. The van der Waals surface area contributed by atoms with Crippen molar-refractivity contribution in [1.29, 1.82) is 0 Å². The number of nitrogens with one attached hydrogen (secondary N) is 1. The number of fused-ring (bicyclic) bond motifs is 1.